The Morgan fingerprint density at radius 2 is 1.82 bits per heavy atom. The highest BCUT2D eigenvalue weighted by Crippen LogP contribution is 2.36. The van der Waals surface area contributed by atoms with E-state index < -0.39 is 12.0 Å². The van der Waals surface area contributed by atoms with Gasteiger partial charge in [-0.25, -0.2) is 0 Å². The van der Waals surface area contributed by atoms with Crippen LogP contribution in [0.25, 0.3) is 11.1 Å². The molecule has 0 radical (unpaired) electrons. The third-order valence-corrected chi connectivity index (χ3v) is 7.18. The Hall–Kier alpha value is -3.90. The van der Waals surface area contributed by atoms with Gasteiger partial charge in [0.1, 0.15) is 36.8 Å². The molecular weight excluding hydrogens is 582 g/mol. The fourth-order valence-electron chi connectivity index (χ4n) is 3.79. The predicted molar refractivity (Wildman–Crippen MR) is 153 cm³/mol. The second-order valence-electron chi connectivity index (χ2n) is 8.75. The van der Waals surface area contributed by atoms with E-state index in [1.165, 1.54) is 6.20 Å². The summed E-state index contributed by atoms with van der Waals surface area (Å²) < 4.78 is 13.1. The molecule has 7 nitrogen and oxygen atoms in total. The third kappa shape index (κ3) is 7.36. The van der Waals surface area contributed by atoms with Crippen LogP contribution in [0.1, 0.15) is 29.2 Å². The number of carbonyl (C=O) groups is 1. The lowest BCUT2D eigenvalue weighted by Gasteiger charge is -2.18. The molecule has 1 aromatic heterocycles. The first-order chi connectivity index (χ1) is 18.9. The first-order valence-electron chi connectivity index (χ1n) is 12.1. The van der Waals surface area contributed by atoms with Crippen molar-refractivity contribution in [2.24, 2.45) is 0 Å². The monoisotopic (exact) mass is 605 g/mol. The Labute approximate surface area is 240 Å². The molecule has 198 valence electrons. The highest BCUT2D eigenvalue weighted by atomic mass is 79.9. The van der Waals surface area contributed by atoms with Crippen molar-refractivity contribution in [1.29, 1.82) is 5.26 Å². The highest BCUT2D eigenvalue weighted by molar-refractivity contribution is 9.10. The van der Waals surface area contributed by atoms with Crippen LogP contribution in [-0.4, -0.2) is 22.1 Å². The fraction of sp³-hybridized carbons (Fsp3) is 0.167. The standard InChI is InChI=1S/C30H25BrClN3O4/c1-19(30(36)37)35-16-24-11-26(32)28(12-27(24)38-17-21-10-20(13-33)14-34-15-21)39-18-23-8-5-9-25(29(23)31)22-6-3-2-4-7-22/h2-12,14-15,19,35H,16-18H2,1H3,(H,36,37)/t19-/m0/s1. The van der Waals surface area contributed by atoms with Crippen molar-refractivity contribution in [3.63, 3.8) is 0 Å². The van der Waals surface area contributed by atoms with E-state index in [0.717, 1.165) is 21.2 Å². The molecule has 0 fully saturated rings. The zero-order valence-corrected chi connectivity index (χ0v) is 23.4. The van der Waals surface area contributed by atoms with Crippen molar-refractivity contribution in [2.45, 2.75) is 32.7 Å². The number of hydrogen-bond donors (Lipinski definition) is 2. The average Bonchev–Trinajstić information content (AvgIpc) is 2.95. The molecule has 4 rings (SSSR count). The minimum Gasteiger partial charge on any atom is -0.488 e. The van der Waals surface area contributed by atoms with Gasteiger partial charge in [0, 0.05) is 46.2 Å². The molecule has 1 heterocycles. The quantitative estimate of drug-likeness (QED) is 0.194. The number of nitriles is 1. The van der Waals surface area contributed by atoms with E-state index in [2.05, 4.69) is 32.3 Å². The normalized spacial score (nSPS) is 11.4. The summed E-state index contributed by atoms with van der Waals surface area (Å²) >= 11 is 10.3. The SMILES string of the molecule is C[C@H](NCc1cc(Cl)c(OCc2cccc(-c3ccccc3)c2Br)cc1OCc1cncc(C#N)c1)C(=O)O. The molecule has 1 atom stereocenters. The van der Waals surface area contributed by atoms with Gasteiger partial charge in [0.05, 0.1) is 10.6 Å². The van der Waals surface area contributed by atoms with Gasteiger partial charge in [0.25, 0.3) is 0 Å². The summed E-state index contributed by atoms with van der Waals surface area (Å²) in [5.74, 6) is -0.0761. The summed E-state index contributed by atoms with van der Waals surface area (Å²) in [6.45, 7) is 2.17. The number of pyridine rings is 1. The summed E-state index contributed by atoms with van der Waals surface area (Å²) in [5, 5.41) is 21.7. The topological polar surface area (TPSA) is 104 Å². The zero-order chi connectivity index (χ0) is 27.8. The first kappa shape index (κ1) is 28.1. The largest absolute Gasteiger partial charge is 0.488 e. The van der Waals surface area contributed by atoms with Gasteiger partial charge in [-0.15, -0.1) is 0 Å². The van der Waals surface area contributed by atoms with Gasteiger partial charge in [-0.05, 0) is 46.1 Å². The van der Waals surface area contributed by atoms with E-state index in [9.17, 15) is 9.90 Å². The zero-order valence-electron chi connectivity index (χ0n) is 21.0. The number of aromatic nitrogens is 1. The Bertz CT molecular complexity index is 1510. The van der Waals surface area contributed by atoms with E-state index >= 15 is 0 Å². The number of aliphatic carboxylic acids is 1. The van der Waals surface area contributed by atoms with E-state index in [1.807, 2.05) is 48.5 Å². The number of rotatable bonds is 11. The lowest BCUT2D eigenvalue weighted by atomic mass is 10.0. The number of nitrogens with zero attached hydrogens (tertiary/aromatic N) is 2. The van der Waals surface area contributed by atoms with Crippen molar-refractivity contribution < 1.29 is 19.4 Å². The van der Waals surface area contributed by atoms with E-state index in [1.54, 1.807) is 31.3 Å². The van der Waals surface area contributed by atoms with Crippen LogP contribution in [0.5, 0.6) is 11.5 Å². The van der Waals surface area contributed by atoms with Crippen molar-refractivity contribution in [2.75, 3.05) is 0 Å². The number of benzene rings is 3. The maximum atomic E-state index is 11.3. The molecule has 9 heteroatoms. The van der Waals surface area contributed by atoms with Crippen LogP contribution in [0.2, 0.25) is 5.02 Å². The summed E-state index contributed by atoms with van der Waals surface area (Å²) in [6.07, 6.45) is 3.10. The van der Waals surface area contributed by atoms with Gasteiger partial charge >= 0.3 is 5.97 Å². The van der Waals surface area contributed by atoms with E-state index in [4.69, 9.17) is 26.3 Å². The second kappa shape index (κ2) is 13.3. The van der Waals surface area contributed by atoms with Crippen molar-refractivity contribution in [3.8, 4) is 28.7 Å². The third-order valence-electron chi connectivity index (χ3n) is 5.95. The maximum absolute atomic E-state index is 11.3. The smallest absolute Gasteiger partial charge is 0.320 e. The molecule has 2 N–H and O–H groups in total. The minimum absolute atomic E-state index is 0.149. The molecule has 0 saturated carbocycles. The molecular formula is C30H25BrClN3O4. The van der Waals surface area contributed by atoms with Crippen LogP contribution in [-0.2, 0) is 24.6 Å². The summed E-state index contributed by atoms with van der Waals surface area (Å²) in [7, 11) is 0. The fourth-order valence-corrected chi connectivity index (χ4v) is 4.63. The van der Waals surface area contributed by atoms with Gasteiger partial charge in [-0.1, -0.05) is 60.1 Å². The summed E-state index contributed by atoms with van der Waals surface area (Å²) in [6, 6.07) is 22.4. The summed E-state index contributed by atoms with van der Waals surface area (Å²) in [4.78, 5) is 15.4. The van der Waals surface area contributed by atoms with Crippen molar-refractivity contribution in [3.05, 3.63) is 111 Å². The Balaban J connectivity index is 1.57. The van der Waals surface area contributed by atoms with Gasteiger partial charge in [0.2, 0.25) is 0 Å². The van der Waals surface area contributed by atoms with Crippen LogP contribution in [0.15, 0.2) is 83.6 Å². The van der Waals surface area contributed by atoms with Crippen LogP contribution < -0.4 is 14.8 Å². The molecule has 39 heavy (non-hydrogen) atoms. The van der Waals surface area contributed by atoms with Gasteiger partial charge < -0.3 is 19.9 Å². The van der Waals surface area contributed by atoms with Gasteiger partial charge in [0.15, 0.2) is 0 Å². The van der Waals surface area contributed by atoms with Crippen LogP contribution in [0, 0.1) is 11.3 Å². The number of carboxylic acids is 1. The Kier molecular flexibility index (Phi) is 9.55. The van der Waals surface area contributed by atoms with Crippen LogP contribution in [0.4, 0.5) is 0 Å². The van der Waals surface area contributed by atoms with E-state index in [0.29, 0.717) is 33.2 Å². The lowest BCUT2D eigenvalue weighted by molar-refractivity contribution is -0.139. The van der Waals surface area contributed by atoms with Gasteiger partial charge in [-0.3, -0.25) is 9.78 Å². The number of hydrogen-bond acceptors (Lipinski definition) is 6. The Morgan fingerprint density at radius 3 is 2.56 bits per heavy atom. The first-order valence-corrected chi connectivity index (χ1v) is 13.2. The van der Waals surface area contributed by atoms with Crippen LogP contribution in [0.3, 0.4) is 0 Å². The second-order valence-corrected chi connectivity index (χ2v) is 9.95. The maximum Gasteiger partial charge on any atom is 0.320 e. The molecule has 0 aliphatic carbocycles. The highest BCUT2D eigenvalue weighted by Gasteiger charge is 2.16. The number of halogens is 2. The predicted octanol–water partition coefficient (Wildman–Crippen LogP) is 6.76. The molecule has 0 unspecified atom stereocenters. The average molecular weight is 607 g/mol. The molecule has 0 amide bonds. The molecule has 0 saturated heterocycles. The van der Waals surface area contributed by atoms with Crippen molar-refractivity contribution >= 4 is 33.5 Å². The molecule has 0 aliphatic heterocycles. The van der Waals surface area contributed by atoms with Crippen molar-refractivity contribution in [1.82, 2.24) is 10.3 Å². The molecule has 4 aromatic rings. The molecule has 0 bridgehead atoms. The molecule has 0 spiro atoms. The van der Waals surface area contributed by atoms with Gasteiger partial charge in [-0.2, -0.15) is 5.26 Å². The lowest BCUT2D eigenvalue weighted by Crippen LogP contribution is -2.33. The number of carboxylic acid groups (broad SMARTS) is 1. The molecule has 0 aliphatic rings. The van der Waals surface area contributed by atoms with E-state index in [-0.39, 0.29) is 19.8 Å². The summed E-state index contributed by atoms with van der Waals surface area (Å²) in [5.41, 5.74) is 4.88. The molecule has 3 aromatic carbocycles. The number of nitrogens with one attached hydrogen (secondary N) is 1. The Morgan fingerprint density at radius 1 is 1.05 bits per heavy atom. The number of ether oxygens (including phenoxy) is 2. The van der Waals surface area contributed by atoms with Crippen LogP contribution >= 0.6 is 27.5 Å². The minimum atomic E-state index is -0.966.